The van der Waals surface area contributed by atoms with Crippen LogP contribution >= 0.6 is 23.1 Å². The molecule has 1 aromatic heterocycles. The van der Waals surface area contributed by atoms with E-state index < -0.39 is 5.97 Å². The number of carboxylic acids is 1. The van der Waals surface area contributed by atoms with Gasteiger partial charge in [0.05, 0.1) is 12.9 Å². The Bertz CT molecular complexity index is 712. The fourth-order valence-corrected chi connectivity index (χ4v) is 3.55. The SMILES string of the molecule is COc1cc(C)sc1C(=O)Nc1cccc(CSCC(=O)O)c1. The number of aliphatic carboxylic acids is 1. The van der Waals surface area contributed by atoms with Crippen LogP contribution in [0.1, 0.15) is 20.1 Å². The van der Waals surface area contributed by atoms with Gasteiger partial charge in [-0.3, -0.25) is 9.59 Å². The summed E-state index contributed by atoms with van der Waals surface area (Å²) in [5.41, 5.74) is 1.64. The van der Waals surface area contributed by atoms with Crippen molar-refractivity contribution in [1.82, 2.24) is 0 Å². The van der Waals surface area contributed by atoms with Crippen LogP contribution in [0.5, 0.6) is 5.75 Å². The Morgan fingerprint density at radius 1 is 1.35 bits per heavy atom. The maximum Gasteiger partial charge on any atom is 0.313 e. The van der Waals surface area contributed by atoms with Gasteiger partial charge in [-0.2, -0.15) is 0 Å². The van der Waals surface area contributed by atoms with Gasteiger partial charge in [0.25, 0.3) is 5.91 Å². The van der Waals surface area contributed by atoms with E-state index in [9.17, 15) is 9.59 Å². The van der Waals surface area contributed by atoms with Crippen molar-refractivity contribution < 1.29 is 19.4 Å². The van der Waals surface area contributed by atoms with Crippen LogP contribution in [0.3, 0.4) is 0 Å². The fourth-order valence-electron chi connectivity index (χ4n) is 1.98. The van der Waals surface area contributed by atoms with Crippen molar-refractivity contribution in [1.29, 1.82) is 0 Å². The van der Waals surface area contributed by atoms with Gasteiger partial charge in [-0.25, -0.2) is 0 Å². The Kier molecular flexibility index (Phi) is 6.06. The number of methoxy groups -OCH3 is 1. The third-order valence-corrected chi connectivity index (χ3v) is 4.95. The molecule has 0 atom stereocenters. The van der Waals surface area contributed by atoms with E-state index >= 15 is 0 Å². The van der Waals surface area contributed by atoms with Crippen LogP contribution in [0.4, 0.5) is 5.69 Å². The maximum atomic E-state index is 12.4. The average Bonchev–Trinajstić information content (AvgIpc) is 2.88. The number of ether oxygens (including phenoxy) is 1. The largest absolute Gasteiger partial charge is 0.495 e. The highest BCUT2D eigenvalue weighted by Gasteiger charge is 2.16. The molecule has 0 aliphatic carbocycles. The lowest BCUT2D eigenvalue weighted by molar-refractivity contribution is -0.133. The average molecular weight is 351 g/mol. The smallest absolute Gasteiger partial charge is 0.313 e. The first-order valence-corrected chi connectivity index (χ1v) is 8.81. The number of anilines is 1. The molecule has 0 bridgehead atoms. The van der Waals surface area contributed by atoms with Gasteiger partial charge in [0.1, 0.15) is 10.6 Å². The number of nitrogens with one attached hydrogen (secondary N) is 1. The van der Waals surface area contributed by atoms with Crippen molar-refractivity contribution in [3.8, 4) is 5.75 Å². The van der Waals surface area contributed by atoms with Crippen molar-refractivity contribution in [2.45, 2.75) is 12.7 Å². The first-order valence-electron chi connectivity index (χ1n) is 6.84. The minimum absolute atomic E-state index is 0.0578. The lowest BCUT2D eigenvalue weighted by Crippen LogP contribution is -2.11. The highest BCUT2D eigenvalue weighted by molar-refractivity contribution is 7.99. The van der Waals surface area contributed by atoms with Gasteiger partial charge in [0.15, 0.2) is 0 Å². The highest BCUT2D eigenvalue weighted by atomic mass is 32.2. The Morgan fingerprint density at radius 3 is 2.83 bits per heavy atom. The number of carbonyl (C=O) groups excluding carboxylic acids is 1. The molecule has 23 heavy (non-hydrogen) atoms. The van der Waals surface area contributed by atoms with Crippen LogP contribution in [0.25, 0.3) is 0 Å². The zero-order valence-corrected chi connectivity index (χ0v) is 14.4. The summed E-state index contributed by atoms with van der Waals surface area (Å²) in [7, 11) is 1.54. The zero-order chi connectivity index (χ0) is 16.8. The predicted octanol–water partition coefficient (Wildman–Crippen LogP) is 3.64. The number of aryl methyl sites for hydroxylation is 1. The second-order valence-corrected chi connectivity index (χ2v) is 7.04. The molecular formula is C16H17NO4S2. The minimum Gasteiger partial charge on any atom is -0.495 e. The number of carboxylic acid groups (broad SMARTS) is 1. The molecule has 2 aromatic rings. The number of thioether (sulfide) groups is 1. The van der Waals surface area contributed by atoms with E-state index in [4.69, 9.17) is 9.84 Å². The summed E-state index contributed by atoms with van der Waals surface area (Å²) in [6.07, 6.45) is 0. The highest BCUT2D eigenvalue weighted by Crippen LogP contribution is 2.29. The summed E-state index contributed by atoms with van der Waals surface area (Å²) in [4.78, 5) is 24.4. The van der Waals surface area contributed by atoms with Gasteiger partial charge in [-0.15, -0.1) is 23.1 Å². The van der Waals surface area contributed by atoms with E-state index in [0.717, 1.165) is 10.4 Å². The molecule has 0 fully saturated rings. The van der Waals surface area contributed by atoms with Crippen molar-refractivity contribution in [3.63, 3.8) is 0 Å². The molecule has 1 heterocycles. The number of thiophene rings is 1. The molecule has 1 aromatic carbocycles. The Morgan fingerprint density at radius 2 is 2.13 bits per heavy atom. The number of hydrogen-bond donors (Lipinski definition) is 2. The number of hydrogen-bond acceptors (Lipinski definition) is 5. The summed E-state index contributed by atoms with van der Waals surface area (Å²) in [5, 5.41) is 11.5. The number of carbonyl (C=O) groups is 2. The first kappa shape index (κ1) is 17.4. The van der Waals surface area contributed by atoms with Crippen LogP contribution in [0.15, 0.2) is 30.3 Å². The van der Waals surface area contributed by atoms with Crippen LogP contribution in [-0.2, 0) is 10.5 Å². The summed E-state index contributed by atoms with van der Waals surface area (Å²) in [5.74, 6) is 0.160. The Balaban J connectivity index is 2.04. The van der Waals surface area contributed by atoms with Crippen molar-refractivity contribution in [3.05, 3.63) is 45.6 Å². The van der Waals surface area contributed by atoms with Gasteiger partial charge < -0.3 is 15.2 Å². The molecule has 0 saturated carbocycles. The van der Waals surface area contributed by atoms with Gasteiger partial charge in [0, 0.05) is 16.3 Å². The van der Waals surface area contributed by atoms with Crippen LogP contribution in [0.2, 0.25) is 0 Å². The zero-order valence-electron chi connectivity index (χ0n) is 12.8. The van der Waals surface area contributed by atoms with Gasteiger partial charge in [-0.1, -0.05) is 12.1 Å². The molecule has 0 aliphatic heterocycles. The predicted molar refractivity (Wildman–Crippen MR) is 93.8 cm³/mol. The summed E-state index contributed by atoms with van der Waals surface area (Å²) < 4.78 is 5.21. The third kappa shape index (κ3) is 5.01. The summed E-state index contributed by atoms with van der Waals surface area (Å²) >= 11 is 2.70. The molecule has 2 rings (SSSR count). The third-order valence-electron chi connectivity index (χ3n) is 2.93. The molecule has 2 N–H and O–H groups in total. The molecule has 0 unspecified atom stereocenters. The van der Waals surface area contributed by atoms with Gasteiger partial charge in [-0.05, 0) is 30.7 Å². The lowest BCUT2D eigenvalue weighted by atomic mass is 10.2. The molecule has 7 heteroatoms. The summed E-state index contributed by atoms with van der Waals surface area (Å²) in [6.45, 7) is 1.92. The van der Waals surface area contributed by atoms with E-state index in [1.807, 2.05) is 31.2 Å². The molecule has 122 valence electrons. The molecule has 0 radical (unpaired) electrons. The van der Waals surface area contributed by atoms with E-state index in [-0.39, 0.29) is 11.7 Å². The quantitative estimate of drug-likeness (QED) is 0.796. The van der Waals surface area contributed by atoms with Crippen molar-refractivity contribution in [2.75, 3.05) is 18.2 Å². The Hall–Kier alpha value is -1.99. The van der Waals surface area contributed by atoms with Crippen molar-refractivity contribution >= 4 is 40.7 Å². The monoisotopic (exact) mass is 351 g/mol. The summed E-state index contributed by atoms with van der Waals surface area (Å²) in [6, 6.07) is 9.22. The van der Waals surface area contributed by atoms with E-state index in [0.29, 0.717) is 22.1 Å². The maximum absolute atomic E-state index is 12.4. The normalized spacial score (nSPS) is 10.3. The number of rotatable bonds is 7. The van der Waals surface area contributed by atoms with E-state index in [1.54, 1.807) is 13.2 Å². The molecular weight excluding hydrogens is 334 g/mol. The second kappa shape index (κ2) is 8.03. The lowest BCUT2D eigenvalue weighted by Gasteiger charge is -2.07. The molecule has 5 nitrogen and oxygen atoms in total. The van der Waals surface area contributed by atoms with E-state index in [1.165, 1.54) is 23.1 Å². The number of benzene rings is 1. The van der Waals surface area contributed by atoms with Crippen LogP contribution in [-0.4, -0.2) is 29.8 Å². The molecule has 0 aliphatic rings. The van der Waals surface area contributed by atoms with Gasteiger partial charge in [0.2, 0.25) is 0 Å². The molecule has 0 spiro atoms. The topological polar surface area (TPSA) is 75.6 Å². The Labute approximate surface area is 142 Å². The van der Waals surface area contributed by atoms with Gasteiger partial charge >= 0.3 is 5.97 Å². The second-order valence-electron chi connectivity index (χ2n) is 4.80. The molecule has 0 saturated heterocycles. The van der Waals surface area contributed by atoms with E-state index in [2.05, 4.69) is 5.32 Å². The fraction of sp³-hybridized carbons (Fsp3) is 0.250. The standard InChI is InChI=1S/C16H17NO4S2/c1-10-6-13(21-2)15(23-10)16(20)17-12-5-3-4-11(7-12)8-22-9-14(18)19/h3-7H,8-9H2,1-2H3,(H,17,20)(H,18,19). The van der Waals surface area contributed by atoms with Crippen LogP contribution in [0, 0.1) is 6.92 Å². The van der Waals surface area contributed by atoms with Crippen molar-refractivity contribution in [2.24, 2.45) is 0 Å². The number of amides is 1. The minimum atomic E-state index is -0.834. The molecule has 1 amide bonds. The first-order chi connectivity index (χ1) is 11.0. The van der Waals surface area contributed by atoms with Crippen LogP contribution < -0.4 is 10.1 Å².